The maximum atomic E-state index is 12.6. The summed E-state index contributed by atoms with van der Waals surface area (Å²) in [6, 6.07) is 8.98. The van der Waals surface area contributed by atoms with Crippen molar-refractivity contribution in [3.63, 3.8) is 0 Å². The summed E-state index contributed by atoms with van der Waals surface area (Å²) in [6.07, 6.45) is 0.486. The van der Waals surface area contributed by atoms with Gasteiger partial charge in [0.25, 0.3) is 0 Å². The van der Waals surface area contributed by atoms with Crippen LogP contribution in [0.2, 0.25) is 0 Å². The van der Waals surface area contributed by atoms with Crippen LogP contribution in [0.4, 0.5) is 13.2 Å². The molecule has 26 heavy (non-hydrogen) atoms. The van der Waals surface area contributed by atoms with E-state index in [9.17, 15) is 26.4 Å². The Morgan fingerprint density at radius 3 is 2.50 bits per heavy atom. The molecule has 0 radical (unpaired) electrons. The van der Waals surface area contributed by atoms with Gasteiger partial charge in [-0.2, -0.15) is 21.6 Å². The number of hydrogen-bond donors (Lipinski definition) is 1. The van der Waals surface area contributed by atoms with Crippen molar-refractivity contribution in [1.82, 2.24) is 5.32 Å². The van der Waals surface area contributed by atoms with Gasteiger partial charge in [-0.1, -0.05) is 30.3 Å². The molecule has 0 aromatic heterocycles. The van der Waals surface area contributed by atoms with Crippen LogP contribution < -0.4 is 5.32 Å². The van der Waals surface area contributed by atoms with Gasteiger partial charge in [0.2, 0.25) is 0 Å². The Kier molecular flexibility index (Phi) is 6.30. The van der Waals surface area contributed by atoms with E-state index in [0.717, 1.165) is 5.56 Å². The van der Waals surface area contributed by atoms with E-state index in [-0.39, 0.29) is 31.2 Å². The molecule has 0 amide bonds. The maximum absolute atomic E-state index is 12.6. The molecule has 144 valence electrons. The van der Waals surface area contributed by atoms with Crippen molar-refractivity contribution < 1.29 is 35.3 Å². The summed E-state index contributed by atoms with van der Waals surface area (Å²) in [4.78, 5) is 12.1. The first kappa shape index (κ1) is 20.2. The topological polar surface area (TPSA) is 81.7 Å². The average molecular weight is 393 g/mol. The number of carbonyl (C=O) groups excluding carboxylic acids is 1. The van der Waals surface area contributed by atoms with Gasteiger partial charge in [-0.05, 0) is 25.3 Å². The predicted molar refractivity (Wildman–Crippen MR) is 86.3 cm³/mol. The molecule has 1 aliphatic heterocycles. The van der Waals surface area contributed by atoms with E-state index in [1.54, 1.807) is 0 Å². The van der Waals surface area contributed by atoms with Crippen LogP contribution in [0.3, 0.4) is 0 Å². The van der Waals surface area contributed by atoms with Crippen molar-refractivity contribution in [1.29, 1.82) is 0 Å². The van der Waals surface area contributed by atoms with Crippen molar-refractivity contribution in [2.75, 3.05) is 13.2 Å². The fourth-order valence-electron chi connectivity index (χ4n) is 2.49. The number of esters is 1. The second kappa shape index (κ2) is 8.09. The van der Waals surface area contributed by atoms with E-state index in [0.29, 0.717) is 6.42 Å². The highest BCUT2D eigenvalue weighted by Gasteiger charge is 2.49. The lowest BCUT2D eigenvalue weighted by molar-refractivity contribution is -0.139. The summed E-state index contributed by atoms with van der Waals surface area (Å²) in [6.45, 7) is 1.20. The molecule has 1 aromatic rings. The summed E-state index contributed by atoms with van der Waals surface area (Å²) >= 11 is 0. The summed E-state index contributed by atoms with van der Waals surface area (Å²) in [5.41, 5.74) is -4.83. The highest BCUT2D eigenvalue weighted by atomic mass is 32.2. The van der Waals surface area contributed by atoms with Crippen molar-refractivity contribution >= 4 is 16.1 Å². The van der Waals surface area contributed by atoms with Crippen molar-refractivity contribution in [3.8, 4) is 0 Å². The molecule has 1 unspecified atom stereocenters. The lowest BCUT2D eigenvalue weighted by Gasteiger charge is -2.27. The Morgan fingerprint density at radius 2 is 1.92 bits per heavy atom. The lowest BCUT2D eigenvalue weighted by Crippen LogP contribution is -2.41. The number of benzene rings is 1. The number of halogens is 3. The van der Waals surface area contributed by atoms with Crippen LogP contribution in [0.1, 0.15) is 18.9 Å². The highest BCUT2D eigenvalue weighted by Crippen LogP contribution is 2.30. The van der Waals surface area contributed by atoms with Gasteiger partial charge >= 0.3 is 21.6 Å². The smallest absolute Gasteiger partial charge is 0.463 e. The van der Waals surface area contributed by atoms with Crippen LogP contribution in [0.15, 0.2) is 41.7 Å². The minimum atomic E-state index is -5.86. The van der Waals surface area contributed by atoms with Gasteiger partial charge in [0.1, 0.15) is 5.76 Å². The summed E-state index contributed by atoms with van der Waals surface area (Å²) in [5, 5.41) is 2.90. The monoisotopic (exact) mass is 393 g/mol. The van der Waals surface area contributed by atoms with Gasteiger partial charge in [-0.15, -0.1) is 0 Å². The quantitative estimate of drug-likeness (QED) is 0.454. The molecule has 1 aliphatic rings. The summed E-state index contributed by atoms with van der Waals surface area (Å²) in [7, 11) is -5.86. The second-order valence-corrected chi connectivity index (χ2v) is 7.11. The maximum Gasteiger partial charge on any atom is 0.534 e. The van der Waals surface area contributed by atoms with E-state index < -0.39 is 27.4 Å². The van der Waals surface area contributed by atoms with Crippen LogP contribution in [0.5, 0.6) is 0 Å². The third-order valence-electron chi connectivity index (χ3n) is 3.68. The summed E-state index contributed by atoms with van der Waals surface area (Å²) in [5.74, 6) is -1.48. The number of alkyl halides is 3. The standard InChI is InChI=1S/C16H18F3NO5S/c1-2-24-15(21)13-9-12(8-11-6-4-3-5-7-11)20-10-14(13)25-26(22,23)16(17,18)19/h3-7,12,20H,2,8-10H2,1H3. The predicted octanol–water partition coefficient (Wildman–Crippen LogP) is 2.27. The third kappa shape index (κ3) is 4.98. The van der Waals surface area contributed by atoms with E-state index >= 15 is 0 Å². The van der Waals surface area contributed by atoms with Gasteiger partial charge in [0.15, 0.2) is 0 Å². The molecule has 0 aliphatic carbocycles. The minimum absolute atomic E-state index is 0.00157. The van der Waals surface area contributed by atoms with Crippen LogP contribution in [-0.2, 0) is 30.3 Å². The fraction of sp³-hybridized carbons (Fsp3) is 0.438. The van der Waals surface area contributed by atoms with E-state index in [2.05, 4.69) is 9.50 Å². The third-order valence-corrected chi connectivity index (χ3v) is 4.67. The highest BCUT2D eigenvalue weighted by molar-refractivity contribution is 7.87. The molecule has 6 nitrogen and oxygen atoms in total. The molecular formula is C16H18F3NO5S. The number of nitrogens with one attached hydrogen (secondary N) is 1. The molecule has 0 saturated carbocycles. The largest absolute Gasteiger partial charge is 0.534 e. The van der Waals surface area contributed by atoms with Gasteiger partial charge in [0.05, 0.1) is 18.7 Å². The second-order valence-electron chi connectivity index (χ2n) is 5.58. The van der Waals surface area contributed by atoms with E-state index in [1.807, 2.05) is 30.3 Å². The lowest BCUT2D eigenvalue weighted by atomic mass is 9.95. The first-order valence-electron chi connectivity index (χ1n) is 7.81. The SMILES string of the molecule is CCOC(=O)C1=C(OS(=O)(=O)C(F)(F)F)CNC(Cc2ccccc2)C1. The molecule has 1 aromatic carbocycles. The molecule has 1 atom stereocenters. The Labute approximate surface area is 149 Å². The number of hydrogen-bond acceptors (Lipinski definition) is 6. The molecule has 0 saturated heterocycles. The van der Waals surface area contributed by atoms with Gasteiger partial charge in [-0.3, -0.25) is 0 Å². The van der Waals surface area contributed by atoms with Crippen LogP contribution >= 0.6 is 0 Å². The van der Waals surface area contributed by atoms with Crippen LogP contribution in [0, 0.1) is 0 Å². The van der Waals surface area contributed by atoms with Gasteiger partial charge in [-0.25, -0.2) is 4.79 Å². The molecule has 1 heterocycles. The zero-order valence-corrected chi connectivity index (χ0v) is 14.7. The normalized spacial score (nSPS) is 18.5. The van der Waals surface area contributed by atoms with E-state index in [4.69, 9.17) is 4.74 Å². The number of rotatable bonds is 6. The summed E-state index contributed by atoms with van der Waals surface area (Å²) < 4.78 is 69.2. The Hall–Kier alpha value is -2.07. The first-order chi connectivity index (χ1) is 12.1. The Morgan fingerprint density at radius 1 is 1.27 bits per heavy atom. The minimum Gasteiger partial charge on any atom is -0.463 e. The number of carbonyl (C=O) groups is 1. The molecule has 2 rings (SSSR count). The van der Waals surface area contributed by atoms with Crippen LogP contribution in [0.25, 0.3) is 0 Å². The fourth-order valence-corrected chi connectivity index (χ4v) is 3.01. The Balaban J connectivity index is 2.25. The molecule has 0 bridgehead atoms. The first-order valence-corrected chi connectivity index (χ1v) is 9.22. The van der Waals surface area contributed by atoms with Gasteiger partial charge < -0.3 is 14.2 Å². The van der Waals surface area contributed by atoms with Crippen molar-refractivity contribution in [2.45, 2.75) is 31.3 Å². The molecule has 0 fully saturated rings. The Bertz CT molecular complexity index is 775. The zero-order chi connectivity index (χ0) is 19.4. The number of ether oxygens (including phenoxy) is 1. The van der Waals surface area contributed by atoms with Gasteiger partial charge in [0, 0.05) is 6.04 Å². The molecular weight excluding hydrogens is 375 g/mol. The zero-order valence-electron chi connectivity index (χ0n) is 13.9. The van der Waals surface area contributed by atoms with Crippen molar-refractivity contribution in [2.24, 2.45) is 0 Å². The molecule has 10 heteroatoms. The van der Waals surface area contributed by atoms with Crippen molar-refractivity contribution in [3.05, 3.63) is 47.2 Å². The molecule has 0 spiro atoms. The average Bonchev–Trinajstić information content (AvgIpc) is 2.56. The van der Waals surface area contributed by atoms with Crippen LogP contribution in [-0.4, -0.2) is 39.1 Å². The molecule has 1 N–H and O–H groups in total. The van der Waals surface area contributed by atoms with E-state index in [1.165, 1.54) is 6.92 Å².